The maximum Gasteiger partial charge on any atom is 0.261 e. The first-order chi connectivity index (χ1) is 9.96. The van der Waals surface area contributed by atoms with E-state index < -0.39 is 0 Å². The van der Waals surface area contributed by atoms with Crippen LogP contribution in [0.2, 0.25) is 0 Å². The number of amides is 1. The second-order valence-corrected chi connectivity index (χ2v) is 4.65. The molecule has 7 nitrogen and oxygen atoms in total. The fourth-order valence-electron chi connectivity index (χ4n) is 1.94. The van der Waals surface area contributed by atoms with Gasteiger partial charge < -0.3 is 25.3 Å². The average molecular weight is 295 g/mol. The molecule has 0 saturated heterocycles. The van der Waals surface area contributed by atoms with Gasteiger partial charge in [0.15, 0.2) is 0 Å². The van der Waals surface area contributed by atoms with Crippen molar-refractivity contribution < 1.29 is 19.5 Å². The number of rotatable bonds is 6. The Morgan fingerprint density at radius 3 is 2.33 bits per heavy atom. The van der Waals surface area contributed by atoms with Gasteiger partial charge in [-0.25, -0.2) is 0 Å². The molecule has 0 fully saturated rings. The molecule has 0 spiro atoms. The van der Waals surface area contributed by atoms with Gasteiger partial charge in [-0.3, -0.25) is 4.79 Å². The molecule has 7 heteroatoms. The monoisotopic (exact) mass is 295 g/mol. The molecule has 1 amide bonds. The van der Waals surface area contributed by atoms with Gasteiger partial charge in [0.1, 0.15) is 22.9 Å². The van der Waals surface area contributed by atoms with Crippen molar-refractivity contribution in [3.05, 3.63) is 23.8 Å². The molecule has 1 rings (SSSR count). The second kappa shape index (κ2) is 7.37. The molecule has 0 saturated carbocycles. The number of hydrogen-bond donors (Lipinski definition) is 2. The number of ether oxygens (including phenoxy) is 2. The van der Waals surface area contributed by atoms with Crippen LogP contribution in [0.15, 0.2) is 23.4 Å². The van der Waals surface area contributed by atoms with E-state index in [1.807, 2.05) is 0 Å². The first-order valence-electron chi connectivity index (χ1n) is 6.40. The predicted molar refractivity (Wildman–Crippen MR) is 79.1 cm³/mol. The summed E-state index contributed by atoms with van der Waals surface area (Å²) in [7, 11) is 4.62. The number of methoxy groups -OCH3 is 2. The summed E-state index contributed by atoms with van der Waals surface area (Å²) in [5.74, 6) is 0.401. The van der Waals surface area contributed by atoms with Gasteiger partial charge in [0.2, 0.25) is 0 Å². The van der Waals surface area contributed by atoms with Crippen molar-refractivity contribution >= 4 is 11.7 Å². The third-order valence-electron chi connectivity index (χ3n) is 3.16. The van der Waals surface area contributed by atoms with Crippen LogP contribution in [-0.4, -0.2) is 49.7 Å². The average Bonchev–Trinajstić information content (AvgIpc) is 2.51. The smallest absolute Gasteiger partial charge is 0.261 e. The van der Waals surface area contributed by atoms with Gasteiger partial charge in [0.05, 0.1) is 14.2 Å². The third-order valence-corrected chi connectivity index (χ3v) is 3.16. The minimum atomic E-state index is -0.273. The van der Waals surface area contributed by atoms with Crippen molar-refractivity contribution in [3.8, 4) is 11.5 Å². The minimum Gasteiger partial charge on any atom is -0.496 e. The first-order valence-corrected chi connectivity index (χ1v) is 6.40. The molecule has 1 unspecified atom stereocenters. The number of nitrogens with two attached hydrogens (primary N) is 1. The zero-order valence-electron chi connectivity index (χ0n) is 12.7. The lowest BCUT2D eigenvalue weighted by Gasteiger charge is -2.22. The van der Waals surface area contributed by atoms with Gasteiger partial charge >= 0.3 is 0 Å². The number of nitrogens with zero attached hydrogens (tertiary/aromatic N) is 2. The van der Waals surface area contributed by atoms with Gasteiger partial charge in [-0.15, -0.1) is 0 Å². The highest BCUT2D eigenvalue weighted by atomic mass is 16.5. The Balaban J connectivity index is 3.03. The number of oxime groups is 1. The first kappa shape index (κ1) is 16.6. The van der Waals surface area contributed by atoms with Crippen molar-refractivity contribution in [3.63, 3.8) is 0 Å². The van der Waals surface area contributed by atoms with E-state index in [0.717, 1.165) is 0 Å². The molecule has 1 aromatic rings. The number of carbonyl (C=O) groups excluding carboxylic acids is 1. The predicted octanol–water partition coefficient (Wildman–Crippen LogP) is 1.16. The molecule has 0 aliphatic carbocycles. The molecule has 0 aliphatic rings. The molecule has 3 N–H and O–H groups in total. The Labute approximate surface area is 123 Å². The Bertz CT molecular complexity index is 509. The van der Waals surface area contributed by atoms with Gasteiger partial charge in [0, 0.05) is 19.5 Å². The van der Waals surface area contributed by atoms with E-state index in [4.69, 9.17) is 20.4 Å². The second-order valence-electron chi connectivity index (χ2n) is 4.65. The number of amidine groups is 1. The maximum absolute atomic E-state index is 12.6. The summed E-state index contributed by atoms with van der Waals surface area (Å²) < 4.78 is 10.4. The number of hydrogen-bond acceptors (Lipinski definition) is 5. The molecule has 1 aromatic carbocycles. The molecule has 116 valence electrons. The summed E-state index contributed by atoms with van der Waals surface area (Å²) in [5.41, 5.74) is 5.87. The summed E-state index contributed by atoms with van der Waals surface area (Å²) in [6, 6.07) is 5.13. The third kappa shape index (κ3) is 3.77. The summed E-state index contributed by atoms with van der Waals surface area (Å²) in [5, 5.41) is 11.6. The highest BCUT2D eigenvalue weighted by Gasteiger charge is 2.23. The molecule has 0 heterocycles. The Morgan fingerprint density at radius 1 is 1.38 bits per heavy atom. The molecule has 0 bridgehead atoms. The van der Waals surface area contributed by atoms with Crippen molar-refractivity contribution in [2.24, 2.45) is 16.8 Å². The van der Waals surface area contributed by atoms with Crippen LogP contribution >= 0.6 is 0 Å². The molecule has 21 heavy (non-hydrogen) atoms. The molecule has 1 atom stereocenters. The van der Waals surface area contributed by atoms with Crippen molar-refractivity contribution in [2.75, 3.05) is 27.8 Å². The Hall–Kier alpha value is -2.44. The number of benzene rings is 1. The van der Waals surface area contributed by atoms with Crippen LogP contribution in [0.3, 0.4) is 0 Å². The van der Waals surface area contributed by atoms with Crippen LogP contribution < -0.4 is 15.2 Å². The van der Waals surface area contributed by atoms with Gasteiger partial charge in [-0.05, 0) is 12.1 Å². The molecule has 0 radical (unpaired) electrons. The molecular weight excluding hydrogens is 274 g/mol. The standard InChI is InChI=1S/C14H21N3O4/c1-9(13(15)16-19)8-17(2)14(18)12-10(20-3)6-5-7-11(12)21-4/h5-7,9,19H,8H2,1-4H3,(H2,15,16). The summed E-state index contributed by atoms with van der Waals surface area (Å²) in [4.78, 5) is 14.0. The van der Waals surface area contributed by atoms with Gasteiger partial charge in [0.25, 0.3) is 5.91 Å². The van der Waals surface area contributed by atoms with Crippen LogP contribution in [0.4, 0.5) is 0 Å². The Morgan fingerprint density at radius 2 is 1.90 bits per heavy atom. The molecule has 0 aromatic heterocycles. The quantitative estimate of drug-likeness (QED) is 0.355. The van der Waals surface area contributed by atoms with E-state index in [1.165, 1.54) is 19.1 Å². The SMILES string of the molecule is COc1cccc(OC)c1C(=O)N(C)CC(C)C(N)=NO. The van der Waals surface area contributed by atoms with E-state index in [0.29, 0.717) is 23.6 Å². The maximum atomic E-state index is 12.6. The lowest BCUT2D eigenvalue weighted by Crippen LogP contribution is -2.36. The van der Waals surface area contributed by atoms with Crippen LogP contribution in [0, 0.1) is 5.92 Å². The lowest BCUT2D eigenvalue weighted by atomic mass is 10.1. The zero-order chi connectivity index (χ0) is 16.0. The topological polar surface area (TPSA) is 97.4 Å². The number of carbonyl (C=O) groups is 1. The van der Waals surface area contributed by atoms with E-state index in [9.17, 15) is 4.79 Å². The van der Waals surface area contributed by atoms with Crippen LogP contribution in [0.5, 0.6) is 11.5 Å². The van der Waals surface area contributed by atoms with E-state index in [1.54, 1.807) is 32.2 Å². The largest absolute Gasteiger partial charge is 0.496 e. The van der Waals surface area contributed by atoms with E-state index >= 15 is 0 Å². The zero-order valence-corrected chi connectivity index (χ0v) is 12.7. The molecule has 0 aliphatic heterocycles. The Kier molecular flexibility index (Phi) is 5.83. The highest BCUT2D eigenvalue weighted by molar-refractivity contribution is 5.99. The fourth-order valence-corrected chi connectivity index (χ4v) is 1.94. The van der Waals surface area contributed by atoms with Crippen molar-refractivity contribution in [2.45, 2.75) is 6.92 Å². The summed E-state index contributed by atoms with van der Waals surface area (Å²) >= 11 is 0. The highest BCUT2D eigenvalue weighted by Crippen LogP contribution is 2.29. The van der Waals surface area contributed by atoms with Crippen LogP contribution in [0.1, 0.15) is 17.3 Å². The van der Waals surface area contributed by atoms with E-state index in [2.05, 4.69) is 5.16 Å². The fraction of sp³-hybridized carbons (Fsp3) is 0.429. The summed E-state index contributed by atoms with van der Waals surface area (Å²) in [6.07, 6.45) is 0. The van der Waals surface area contributed by atoms with Crippen LogP contribution in [-0.2, 0) is 0 Å². The summed E-state index contributed by atoms with van der Waals surface area (Å²) in [6.45, 7) is 2.06. The normalized spacial score (nSPS) is 12.7. The lowest BCUT2D eigenvalue weighted by molar-refractivity contribution is 0.0779. The van der Waals surface area contributed by atoms with Crippen LogP contribution in [0.25, 0.3) is 0 Å². The van der Waals surface area contributed by atoms with Crippen molar-refractivity contribution in [1.82, 2.24) is 4.90 Å². The minimum absolute atomic E-state index is 0.0710. The van der Waals surface area contributed by atoms with E-state index in [-0.39, 0.29) is 17.7 Å². The van der Waals surface area contributed by atoms with Gasteiger partial charge in [-0.2, -0.15) is 0 Å². The van der Waals surface area contributed by atoms with Crippen molar-refractivity contribution in [1.29, 1.82) is 0 Å². The van der Waals surface area contributed by atoms with Gasteiger partial charge in [-0.1, -0.05) is 18.1 Å². The molecular formula is C14H21N3O4.